The minimum Gasteiger partial charge on any atom is -0.361 e. The molecule has 1 aromatic carbocycles. The average Bonchev–Trinajstić information content (AvgIpc) is 3.32. The second-order valence-corrected chi connectivity index (χ2v) is 6.27. The Balaban J connectivity index is 1.56. The maximum Gasteiger partial charge on any atom is 0.182 e. The van der Waals surface area contributed by atoms with Crippen LogP contribution in [0.4, 0.5) is 10.2 Å². The smallest absolute Gasteiger partial charge is 0.182 e. The zero-order valence-corrected chi connectivity index (χ0v) is 14.9. The lowest BCUT2D eigenvalue weighted by molar-refractivity contribution is 0.631. The Morgan fingerprint density at radius 2 is 2.04 bits per heavy atom. The molecular weight excluding hydrogens is 359 g/mol. The number of imidazole rings is 2. The minimum atomic E-state index is -0.330. The van der Waals surface area contributed by atoms with Gasteiger partial charge in [0.2, 0.25) is 0 Å². The number of H-pyrrole nitrogens is 1. The average molecular weight is 374 g/mol. The maximum atomic E-state index is 14.7. The first-order chi connectivity index (χ1) is 13.7. The summed E-state index contributed by atoms with van der Waals surface area (Å²) in [6.45, 7) is 0.402. The summed E-state index contributed by atoms with van der Waals surface area (Å²) in [5.41, 5.74) is 3.73. The van der Waals surface area contributed by atoms with Crippen LogP contribution in [-0.4, -0.2) is 34.5 Å². The molecule has 0 aliphatic rings. The Hall–Kier alpha value is -3.88. The molecule has 0 saturated carbocycles. The van der Waals surface area contributed by atoms with Crippen LogP contribution in [0.15, 0.2) is 49.2 Å². The lowest BCUT2D eigenvalue weighted by Crippen LogP contribution is -2.08. The summed E-state index contributed by atoms with van der Waals surface area (Å²) >= 11 is 0. The third-order valence-corrected chi connectivity index (χ3v) is 4.64. The highest BCUT2D eigenvalue weighted by atomic mass is 19.1. The number of nitrogens with one attached hydrogen (secondary N) is 2. The van der Waals surface area contributed by atoms with E-state index in [9.17, 15) is 4.39 Å². The molecule has 0 aliphatic heterocycles. The van der Waals surface area contributed by atoms with E-state index in [1.165, 1.54) is 12.4 Å². The predicted octanol–water partition coefficient (Wildman–Crippen LogP) is 3.05. The second kappa shape index (κ2) is 6.38. The van der Waals surface area contributed by atoms with Gasteiger partial charge in [-0.15, -0.1) is 0 Å². The molecule has 4 aromatic heterocycles. The van der Waals surface area contributed by atoms with Gasteiger partial charge in [-0.2, -0.15) is 0 Å². The van der Waals surface area contributed by atoms with Crippen molar-refractivity contribution in [2.75, 3.05) is 5.32 Å². The molecule has 5 aromatic rings. The summed E-state index contributed by atoms with van der Waals surface area (Å²) in [5, 5.41) is 3.25. The Morgan fingerprint density at radius 1 is 1.11 bits per heavy atom. The molecule has 28 heavy (non-hydrogen) atoms. The van der Waals surface area contributed by atoms with Gasteiger partial charge in [0.1, 0.15) is 23.5 Å². The van der Waals surface area contributed by atoms with Crippen LogP contribution in [0.1, 0.15) is 5.82 Å². The Morgan fingerprint density at radius 3 is 2.89 bits per heavy atom. The Labute approximate surface area is 158 Å². The Kier molecular flexibility index (Phi) is 3.71. The number of hydrogen-bond acceptors (Lipinski definition) is 6. The second-order valence-electron chi connectivity index (χ2n) is 6.27. The number of aromatic nitrogens is 7. The highest BCUT2D eigenvalue weighted by molar-refractivity contribution is 5.92. The van der Waals surface area contributed by atoms with E-state index in [4.69, 9.17) is 0 Å². The first-order valence-electron chi connectivity index (χ1n) is 8.65. The van der Waals surface area contributed by atoms with Crippen LogP contribution in [-0.2, 0) is 13.6 Å². The van der Waals surface area contributed by atoms with Crippen molar-refractivity contribution in [2.45, 2.75) is 6.54 Å². The standard InChI is InChI=1S/C19H15FN8/c1-28-14(8-22-18-16-19(24-9-23-16)26-10-25-18)27-13-6-5-11(20)15(17(13)28)12-4-2-3-7-21-12/h2-7,9-10H,8H2,1H3,(H2,22,23,24,25,26). The zero-order chi connectivity index (χ0) is 19.1. The highest BCUT2D eigenvalue weighted by Gasteiger charge is 2.18. The van der Waals surface area contributed by atoms with Gasteiger partial charge < -0.3 is 14.9 Å². The molecule has 0 fully saturated rings. The highest BCUT2D eigenvalue weighted by Crippen LogP contribution is 2.30. The number of nitrogens with zero attached hydrogens (tertiary/aromatic N) is 6. The summed E-state index contributed by atoms with van der Waals surface area (Å²) in [7, 11) is 1.87. The van der Waals surface area contributed by atoms with Gasteiger partial charge in [-0.1, -0.05) is 6.07 Å². The third-order valence-electron chi connectivity index (χ3n) is 4.64. The van der Waals surface area contributed by atoms with Gasteiger partial charge in [0.25, 0.3) is 0 Å². The van der Waals surface area contributed by atoms with E-state index in [1.807, 2.05) is 17.7 Å². The van der Waals surface area contributed by atoms with Crippen molar-refractivity contribution in [3.8, 4) is 11.3 Å². The van der Waals surface area contributed by atoms with Gasteiger partial charge in [-0.3, -0.25) is 4.98 Å². The number of aromatic amines is 1. The first kappa shape index (κ1) is 16.3. The van der Waals surface area contributed by atoms with Gasteiger partial charge in [0.15, 0.2) is 11.5 Å². The van der Waals surface area contributed by atoms with Crippen molar-refractivity contribution in [2.24, 2.45) is 7.05 Å². The number of aryl methyl sites for hydroxylation is 1. The monoisotopic (exact) mass is 374 g/mol. The number of pyridine rings is 1. The molecule has 0 unspecified atom stereocenters. The van der Waals surface area contributed by atoms with E-state index in [-0.39, 0.29) is 5.82 Å². The molecule has 5 rings (SSSR count). The first-order valence-corrected chi connectivity index (χ1v) is 8.65. The topological polar surface area (TPSA) is 97.2 Å². The molecule has 0 aliphatic carbocycles. The number of anilines is 1. The maximum absolute atomic E-state index is 14.7. The van der Waals surface area contributed by atoms with Crippen LogP contribution in [0.25, 0.3) is 33.5 Å². The molecule has 0 bridgehead atoms. The van der Waals surface area contributed by atoms with Gasteiger partial charge in [-0.05, 0) is 24.3 Å². The van der Waals surface area contributed by atoms with E-state index in [0.29, 0.717) is 40.3 Å². The van der Waals surface area contributed by atoms with Crippen LogP contribution in [0.5, 0.6) is 0 Å². The van der Waals surface area contributed by atoms with Crippen molar-refractivity contribution in [1.29, 1.82) is 0 Å². The Bertz CT molecular complexity index is 1290. The fourth-order valence-corrected chi connectivity index (χ4v) is 3.30. The quantitative estimate of drug-likeness (QED) is 0.502. The SMILES string of the molecule is Cn1c(CNc2ncnc3nc[nH]c23)nc2ccc(F)c(-c3ccccn3)c21. The van der Waals surface area contributed by atoms with Gasteiger partial charge in [0.05, 0.1) is 35.2 Å². The van der Waals surface area contributed by atoms with Crippen LogP contribution >= 0.6 is 0 Å². The summed E-state index contributed by atoms with van der Waals surface area (Å²) in [4.78, 5) is 24.5. The van der Waals surface area contributed by atoms with Crippen molar-refractivity contribution in [3.05, 3.63) is 60.8 Å². The summed E-state index contributed by atoms with van der Waals surface area (Å²) < 4.78 is 16.5. The lowest BCUT2D eigenvalue weighted by atomic mass is 10.1. The molecule has 0 spiro atoms. The largest absolute Gasteiger partial charge is 0.361 e. The summed E-state index contributed by atoms with van der Waals surface area (Å²) in [6.07, 6.45) is 4.67. The van der Waals surface area contributed by atoms with Crippen molar-refractivity contribution < 1.29 is 4.39 Å². The van der Waals surface area contributed by atoms with E-state index in [2.05, 4.69) is 35.2 Å². The fourth-order valence-electron chi connectivity index (χ4n) is 3.30. The number of halogens is 1. The van der Waals surface area contributed by atoms with Crippen LogP contribution in [0, 0.1) is 5.82 Å². The van der Waals surface area contributed by atoms with Crippen LogP contribution in [0.2, 0.25) is 0 Å². The van der Waals surface area contributed by atoms with Gasteiger partial charge in [-0.25, -0.2) is 24.3 Å². The molecule has 0 radical (unpaired) electrons. The number of benzene rings is 1. The zero-order valence-electron chi connectivity index (χ0n) is 14.9. The fraction of sp³-hybridized carbons (Fsp3) is 0.105. The number of rotatable bonds is 4. The van der Waals surface area contributed by atoms with Crippen molar-refractivity contribution >= 4 is 28.0 Å². The molecule has 0 saturated heterocycles. The van der Waals surface area contributed by atoms with Crippen molar-refractivity contribution in [1.82, 2.24) is 34.5 Å². The molecule has 4 heterocycles. The van der Waals surface area contributed by atoms with E-state index in [1.54, 1.807) is 30.7 Å². The summed E-state index contributed by atoms with van der Waals surface area (Å²) in [6, 6.07) is 8.54. The van der Waals surface area contributed by atoms with Crippen molar-refractivity contribution in [3.63, 3.8) is 0 Å². The number of hydrogen-bond donors (Lipinski definition) is 2. The van der Waals surface area contributed by atoms with Crippen LogP contribution < -0.4 is 5.32 Å². The molecule has 138 valence electrons. The van der Waals surface area contributed by atoms with Gasteiger partial charge in [0, 0.05) is 13.2 Å². The molecule has 9 heteroatoms. The predicted molar refractivity (Wildman–Crippen MR) is 103 cm³/mol. The van der Waals surface area contributed by atoms with E-state index in [0.717, 1.165) is 11.3 Å². The molecule has 0 atom stereocenters. The lowest BCUT2D eigenvalue weighted by Gasteiger charge is -2.09. The summed E-state index contributed by atoms with van der Waals surface area (Å²) in [5.74, 6) is 1.04. The molecule has 8 nitrogen and oxygen atoms in total. The van der Waals surface area contributed by atoms with Crippen LogP contribution in [0.3, 0.4) is 0 Å². The van der Waals surface area contributed by atoms with E-state index >= 15 is 0 Å². The van der Waals surface area contributed by atoms with E-state index < -0.39 is 0 Å². The molecule has 2 N–H and O–H groups in total. The number of fused-ring (bicyclic) bond motifs is 2. The minimum absolute atomic E-state index is 0.330. The third kappa shape index (κ3) is 2.56. The molecular formula is C19H15FN8. The molecule has 0 amide bonds. The van der Waals surface area contributed by atoms with Gasteiger partial charge >= 0.3 is 0 Å². The normalized spacial score (nSPS) is 11.4.